The highest BCUT2D eigenvalue weighted by molar-refractivity contribution is 5.36. The first kappa shape index (κ1) is 10.3. The van der Waals surface area contributed by atoms with Crippen LogP contribution in [-0.4, -0.2) is 28.0 Å². The number of nitrogens with zero attached hydrogens (tertiary/aromatic N) is 4. The van der Waals surface area contributed by atoms with Gasteiger partial charge in [0, 0.05) is 31.4 Å². The lowest BCUT2D eigenvalue weighted by molar-refractivity contribution is 0.409. The highest BCUT2D eigenvalue weighted by atomic mass is 16.3. The monoisotopic (exact) mass is 230 g/mol. The number of hydrogen-bond acceptors (Lipinski definition) is 5. The van der Waals surface area contributed by atoms with Gasteiger partial charge in [-0.2, -0.15) is 0 Å². The zero-order chi connectivity index (χ0) is 11.5. The van der Waals surface area contributed by atoms with Crippen LogP contribution in [0.25, 0.3) is 0 Å². The van der Waals surface area contributed by atoms with Gasteiger partial charge in [0.05, 0.1) is 12.4 Å². The molecular formula is C12H14N4O. The predicted octanol–water partition coefficient (Wildman–Crippen LogP) is 1.85. The van der Waals surface area contributed by atoms with Crippen LogP contribution < -0.4 is 4.90 Å². The number of aromatic nitrogens is 3. The van der Waals surface area contributed by atoms with Gasteiger partial charge in [0.15, 0.2) is 6.39 Å². The summed E-state index contributed by atoms with van der Waals surface area (Å²) in [6.45, 7) is 1.96. The highest BCUT2D eigenvalue weighted by Gasteiger charge is 2.24. The summed E-state index contributed by atoms with van der Waals surface area (Å²) in [5, 5.41) is 0. The van der Waals surface area contributed by atoms with Gasteiger partial charge in [-0.15, -0.1) is 0 Å². The Morgan fingerprint density at radius 1 is 1.24 bits per heavy atom. The fourth-order valence-corrected chi connectivity index (χ4v) is 2.30. The Morgan fingerprint density at radius 2 is 2.24 bits per heavy atom. The molecule has 1 atom stereocenters. The van der Waals surface area contributed by atoms with Gasteiger partial charge in [-0.3, -0.25) is 4.98 Å². The van der Waals surface area contributed by atoms with Gasteiger partial charge in [0.25, 0.3) is 0 Å². The average molecular weight is 230 g/mol. The molecule has 0 aliphatic carbocycles. The van der Waals surface area contributed by atoms with Crippen molar-refractivity contribution in [1.29, 1.82) is 0 Å². The normalized spacial score (nSPS) is 20.5. The Hall–Kier alpha value is -1.91. The van der Waals surface area contributed by atoms with E-state index in [-0.39, 0.29) is 0 Å². The molecule has 17 heavy (non-hydrogen) atoms. The summed E-state index contributed by atoms with van der Waals surface area (Å²) in [7, 11) is 0. The maximum absolute atomic E-state index is 5.38. The van der Waals surface area contributed by atoms with Crippen molar-refractivity contribution in [1.82, 2.24) is 15.0 Å². The third-order valence-corrected chi connectivity index (χ3v) is 3.15. The Bertz CT molecular complexity index is 457. The molecule has 88 valence electrons. The minimum atomic E-state index is 0.410. The number of piperidine rings is 1. The third kappa shape index (κ3) is 2.13. The minimum Gasteiger partial charge on any atom is -0.448 e. The SMILES string of the molecule is c1cnc(N2CCCC(c3cnco3)C2)cn1. The molecule has 2 aromatic heterocycles. The lowest BCUT2D eigenvalue weighted by Gasteiger charge is -2.32. The summed E-state index contributed by atoms with van der Waals surface area (Å²) in [6, 6.07) is 0. The summed E-state index contributed by atoms with van der Waals surface area (Å²) < 4.78 is 5.38. The number of anilines is 1. The van der Waals surface area contributed by atoms with Crippen molar-refractivity contribution in [2.24, 2.45) is 0 Å². The lowest BCUT2D eigenvalue weighted by Crippen LogP contribution is -2.34. The van der Waals surface area contributed by atoms with Crippen LogP contribution in [0, 0.1) is 0 Å². The number of oxazole rings is 1. The van der Waals surface area contributed by atoms with Crippen LogP contribution in [0.4, 0.5) is 5.82 Å². The molecule has 1 unspecified atom stereocenters. The first-order valence-electron chi connectivity index (χ1n) is 5.83. The molecule has 0 saturated carbocycles. The van der Waals surface area contributed by atoms with Gasteiger partial charge >= 0.3 is 0 Å². The van der Waals surface area contributed by atoms with Crippen molar-refractivity contribution < 1.29 is 4.42 Å². The molecule has 3 rings (SSSR count). The van der Waals surface area contributed by atoms with E-state index in [0.717, 1.165) is 37.5 Å². The van der Waals surface area contributed by atoms with Crippen LogP contribution in [0.2, 0.25) is 0 Å². The van der Waals surface area contributed by atoms with Gasteiger partial charge in [-0.25, -0.2) is 9.97 Å². The lowest BCUT2D eigenvalue weighted by atomic mass is 9.96. The van der Waals surface area contributed by atoms with Gasteiger partial charge in [-0.1, -0.05) is 0 Å². The van der Waals surface area contributed by atoms with Crippen LogP contribution >= 0.6 is 0 Å². The largest absolute Gasteiger partial charge is 0.448 e. The zero-order valence-corrected chi connectivity index (χ0v) is 9.49. The molecule has 1 aliphatic heterocycles. The van der Waals surface area contributed by atoms with E-state index in [1.165, 1.54) is 6.39 Å². The summed E-state index contributed by atoms with van der Waals surface area (Å²) in [5.41, 5.74) is 0. The molecule has 3 heterocycles. The van der Waals surface area contributed by atoms with Crippen LogP contribution in [-0.2, 0) is 0 Å². The molecule has 5 nitrogen and oxygen atoms in total. The Labute approximate surface area is 99.5 Å². The number of rotatable bonds is 2. The molecule has 0 N–H and O–H groups in total. The van der Waals surface area contributed by atoms with E-state index in [0.29, 0.717) is 5.92 Å². The number of hydrogen-bond donors (Lipinski definition) is 0. The summed E-state index contributed by atoms with van der Waals surface area (Å²) >= 11 is 0. The van der Waals surface area contributed by atoms with Crippen LogP contribution in [0.5, 0.6) is 0 Å². The van der Waals surface area contributed by atoms with Crippen molar-refractivity contribution in [2.45, 2.75) is 18.8 Å². The van der Waals surface area contributed by atoms with E-state index >= 15 is 0 Å². The van der Waals surface area contributed by atoms with Gasteiger partial charge in [0.2, 0.25) is 0 Å². The predicted molar refractivity (Wildman–Crippen MR) is 62.7 cm³/mol. The van der Waals surface area contributed by atoms with Crippen LogP contribution in [0.3, 0.4) is 0 Å². The topological polar surface area (TPSA) is 55.1 Å². The first-order chi connectivity index (χ1) is 8.43. The second-order valence-electron chi connectivity index (χ2n) is 4.25. The molecule has 0 aromatic carbocycles. The van der Waals surface area contributed by atoms with Gasteiger partial charge in [0.1, 0.15) is 11.6 Å². The molecule has 0 amide bonds. The molecule has 5 heteroatoms. The van der Waals surface area contributed by atoms with Crippen LogP contribution in [0.1, 0.15) is 24.5 Å². The molecule has 1 saturated heterocycles. The van der Waals surface area contributed by atoms with Crippen molar-refractivity contribution in [3.63, 3.8) is 0 Å². The fourth-order valence-electron chi connectivity index (χ4n) is 2.30. The average Bonchev–Trinajstić information content (AvgIpc) is 2.94. The molecule has 2 aromatic rings. The standard InChI is InChI=1S/C12H14N4O/c1-2-10(11-6-14-9-17-11)8-16(5-1)12-7-13-3-4-15-12/h3-4,6-7,9-10H,1-2,5,8H2. The van der Waals surface area contributed by atoms with Gasteiger partial charge in [-0.05, 0) is 12.8 Å². The summed E-state index contributed by atoms with van der Waals surface area (Å²) in [5.74, 6) is 2.32. The Balaban J connectivity index is 1.76. The Morgan fingerprint density at radius 3 is 3.00 bits per heavy atom. The second kappa shape index (κ2) is 4.53. The highest BCUT2D eigenvalue weighted by Crippen LogP contribution is 2.28. The zero-order valence-electron chi connectivity index (χ0n) is 9.49. The summed E-state index contributed by atoms with van der Waals surface area (Å²) in [4.78, 5) is 14.7. The van der Waals surface area contributed by atoms with Crippen molar-refractivity contribution in [3.8, 4) is 0 Å². The van der Waals surface area contributed by atoms with Crippen LogP contribution in [0.15, 0.2) is 35.6 Å². The fraction of sp³-hybridized carbons (Fsp3) is 0.417. The molecule has 1 fully saturated rings. The smallest absolute Gasteiger partial charge is 0.180 e. The third-order valence-electron chi connectivity index (χ3n) is 3.15. The van der Waals surface area contributed by atoms with E-state index in [2.05, 4.69) is 19.9 Å². The van der Waals surface area contributed by atoms with E-state index in [9.17, 15) is 0 Å². The summed E-state index contributed by atoms with van der Waals surface area (Å²) in [6.07, 6.45) is 10.8. The molecule has 0 radical (unpaired) electrons. The molecular weight excluding hydrogens is 216 g/mol. The molecule has 1 aliphatic rings. The minimum absolute atomic E-state index is 0.410. The van der Waals surface area contributed by atoms with E-state index < -0.39 is 0 Å². The van der Waals surface area contributed by atoms with Gasteiger partial charge < -0.3 is 9.32 Å². The van der Waals surface area contributed by atoms with E-state index in [1.807, 2.05) is 12.4 Å². The van der Waals surface area contributed by atoms with E-state index in [4.69, 9.17) is 4.42 Å². The second-order valence-corrected chi connectivity index (χ2v) is 4.25. The maximum Gasteiger partial charge on any atom is 0.180 e. The van der Waals surface area contributed by atoms with E-state index in [1.54, 1.807) is 12.4 Å². The van der Waals surface area contributed by atoms with Crippen molar-refractivity contribution in [2.75, 3.05) is 18.0 Å². The first-order valence-corrected chi connectivity index (χ1v) is 5.83. The maximum atomic E-state index is 5.38. The molecule has 0 spiro atoms. The van der Waals surface area contributed by atoms with Crippen molar-refractivity contribution in [3.05, 3.63) is 36.9 Å². The molecule has 0 bridgehead atoms. The van der Waals surface area contributed by atoms with Crippen molar-refractivity contribution >= 4 is 5.82 Å². The quantitative estimate of drug-likeness (QED) is 0.788. The Kier molecular flexibility index (Phi) is 2.73.